The van der Waals surface area contributed by atoms with Crippen LogP contribution in [0.2, 0.25) is 0 Å². The molecular formula is C17H20N2O3. The van der Waals surface area contributed by atoms with Crippen molar-refractivity contribution in [1.82, 2.24) is 0 Å². The summed E-state index contributed by atoms with van der Waals surface area (Å²) < 4.78 is 11.0. The van der Waals surface area contributed by atoms with Crippen molar-refractivity contribution >= 4 is 11.6 Å². The molecule has 0 heterocycles. The van der Waals surface area contributed by atoms with Crippen LogP contribution in [0.5, 0.6) is 17.2 Å². The Kier molecular flexibility index (Phi) is 5.01. The Morgan fingerprint density at radius 3 is 2.36 bits per heavy atom. The summed E-state index contributed by atoms with van der Waals surface area (Å²) in [4.78, 5) is 11.5. The third-order valence-corrected chi connectivity index (χ3v) is 3.16. The van der Waals surface area contributed by atoms with Crippen molar-refractivity contribution in [2.24, 2.45) is 5.73 Å². The van der Waals surface area contributed by atoms with Gasteiger partial charge in [-0.05, 0) is 49.7 Å². The number of benzene rings is 2. The fraction of sp³-hybridized carbons (Fsp3) is 0.235. The second-order valence-corrected chi connectivity index (χ2v) is 5.04. The van der Waals surface area contributed by atoms with Crippen LogP contribution in [0.4, 0.5) is 5.69 Å². The van der Waals surface area contributed by atoms with Gasteiger partial charge in [-0.25, -0.2) is 0 Å². The molecule has 1 amide bonds. The lowest BCUT2D eigenvalue weighted by Crippen LogP contribution is -2.32. The smallest absolute Gasteiger partial charge is 0.240 e. The molecule has 1 unspecified atom stereocenters. The zero-order chi connectivity index (χ0) is 16.1. The van der Waals surface area contributed by atoms with E-state index in [9.17, 15) is 4.79 Å². The summed E-state index contributed by atoms with van der Waals surface area (Å²) in [5.41, 5.74) is 7.20. The van der Waals surface area contributed by atoms with Crippen molar-refractivity contribution in [2.45, 2.75) is 19.9 Å². The molecule has 0 fully saturated rings. The third-order valence-electron chi connectivity index (χ3n) is 3.16. The van der Waals surface area contributed by atoms with E-state index in [0.29, 0.717) is 11.4 Å². The lowest BCUT2D eigenvalue weighted by Gasteiger charge is -2.11. The van der Waals surface area contributed by atoms with Gasteiger partial charge in [0.05, 0.1) is 13.2 Å². The van der Waals surface area contributed by atoms with Crippen molar-refractivity contribution in [1.29, 1.82) is 0 Å². The van der Waals surface area contributed by atoms with Crippen LogP contribution in [0.25, 0.3) is 0 Å². The first kappa shape index (κ1) is 15.9. The van der Waals surface area contributed by atoms with Gasteiger partial charge >= 0.3 is 0 Å². The number of rotatable bonds is 5. The number of ether oxygens (including phenoxy) is 2. The van der Waals surface area contributed by atoms with Gasteiger partial charge in [-0.3, -0.25) is 4.79 Å². The average Bonchev–Trinajstić information content (AvgIpc) is 2.51. The molecule has 0 spiro atoms. The monoisotopic (exact) mass is 300 g/mol. The number of nitrogens with one attached hydrogen (secondary N) is 1. The van der Waals surface area contributed by atoms with Crippen molar-refractivity contribution in [2.75, 3.05) is 12.4 Å². The molecule has 2 aromatic rings. The Bertz CT molecular complexity index is 651. The predicted octanol–water partition coefficient (Wildman–Crippen LogP) is 3.08. The quantitative estimate of drug-likeness (QED) is 0.890. The molecule has 2 aromatic carbocycles. The van der Waals surface area contributed by atoms with Gasteiger partial charge in [-0.1, -0.05) is 6.07 Å². The molecular weight excluding hydrogens is 280 g/mol. The van der Waals surface area contributed by atoms with Crippen LogP contribution < -0.4 is 20.5 Å². The van der Waals surface area contributed by atoms with E-state index in [1.165, 1.54) is 0 Å². The van der Waals surface area contributed by atoms with Crippen LogP contribution in [0.15, 0.2) is 42.5 Å². The number of amides is 1. The number of carbonyl (C=O) groups is 1. The van der Waals surface area contributed by atoms with Gasteiger partial charge in [0.25, 0.3) is 0 Å². The summed E-state index contributed by atoms with van der Waals surface area (Å²) in [6, 6.07) is 12.2. The van der Waals surface area contributed by atoms with Gasteiger partial charge in [-0.2, -0.15) is 0 Å². The number of carbonyl (C=O) groups excluding carboxylic acids is 1. The lowest BCUT2D eigenvalue weighted by atomic mass is 10.2. The molecule has 0 radical (unpaired) electrons. The predicted molar refractivity (Wildman–Crippen MR) is 86.5 cm³/mol. The van der Waals surface area contributed by atoms with E-state index < -0.39 is 6.04 Å². The van der Waals surface area contributed by atoms with E-state index in [2.05, 4.69) is 5.32 Å². The van der Waals surface area contributed by atoms with Gasteiger partial charge in [0.1, 0.15) is 17.2 Å². The lowest BCUT2D eigenvalue weighted by molar-refractivity contribution is -0.117. The highest BCUT2D eigenvalue weighted by Crippen LogP contribution is 2.29. The van der Waals surface area contributed by atoms with Crippen LogP contribution in [0.3, 0.4) is 0 Å². The molecule has 116 valence electrons. The zero-order valence-electron chi connectivity index (χ0n) is 12.9. The van der Waals surface area contributed by atoms with Gasteiger partial charge in [0, 0.05) is 11.8 Å². The summed E-state index contributed by atoms with van der Waals surface area (Å²) in [6.07, 6.45) is 0. The van der Waals surface area contributed by atoms with E-state index >= 15 is 0 Å². The van der Waals surface area contributed by atoms with Crippen LogP contribution in [0, 0.1) is 6.92 Å². The van der Waals surface area contributed by atoms with Crippen molar-refractivity contribution in [3.63, 3.8) is 0 Å². The van der Waals surface area contributed by atoms with E-state index in [1.54, 1.807) is 38.3 Å². The maximum absolute atomic E-state index is 11.5. The average molecular weight is 300 g/mol. The maximum atomic E-state index is 11.5. The molecule has 0 bridgehead atoms. The van der Waals surface area contributed by atoms with E-state index in [4.69, 9.17) is 15.2 Å². The van der Waals surface area contributed by atoms with Crippen LogP contribution in [0.1, 0.15) is 12.5 Å². The summed E-state index contributed by atoms with van der Waals surface area (Å²) in [5.74, 6) is 1.92. The Morgan fingerprint density at radius 1 is 1.14 bits per heavy atom. The topological polar surface area (TPSA) is 73.6 Å². The van der Waals surface area contributed by atoms with Gasteiger partial charge in [-0.15, -0.1) is 0 Å². The minimum atomic E-state index is -0.546. The van der Waals surface area contributed by atoms with Crippen molar-refractivity contribution in [3.05, 3.63) is 48.0 Å². The molecule has 0 saturated heterocycles. The normalized spacial score (nSPS) is 11.6. The number of anilines is 1. The summed E-state index contributed by atoms with van der Waals surface area (Å²) in [7, 11) is 1.62. The SMILES string of the molecule is COc1ccc(C)c(Oc2ccc(NC(=O)C(C)N)cc2)c1. The van der Waals surface area contributed by atoms with E-state index in [-0.39, 0.29) is 5.91 Å². The summed E-state index contributed by atoms with van der Waals surface area (Å²) in [6.45, 7) is 3.60. The van der Waals surface area contributed by atoms with Crippen molar-refractivity contribution < 1.29 is 14.3 Å². The fourth-order valence-electron chi connectivity index (χ4n) is 1.81. The highest BCUT2D eigenvalue weighted by atomic mass is 16.5. The van der Waals surface area contributed by atoms with Crippen LogP contribution in [-0.2, 0) is 4.79 Å². The number of hydrogen-bond donors (Lipinski definition) is 2. The molecule has 0 aliphatic rings. The first-order valence-corrected chi connectivity index (χ1v) is 6.98. The third kappa shape index (κ3) is 3.99. The molecule has 5 nitrogen and oxygen atoms in total. The standard InChI is InChI=1S/C17H20N2O3/c1-11-4-7-15(21-3)10-16(11)22-14-8-5-13(6-9-14)19-17(20)12(2)18/h4-10,12H,18H2,1-3H3,(H,19,20). The highest BCUT2D eigenvalue weighted by Gasteiger charge is 2.08. The molecule has 2 rings (SSSR count). The Balaban J connectivity index is 2.10. The Labute approximate surface area is 130 Å². The fourth-order valence-corrected chi connectivity index (χ4v) is 1.81. The second kappa shape index (κ2) is 6.95. The van der Waals surface area contributed by atoms with Crippen LogP contribution in [-0.4, -0.2) is 19.1 Å². The minimum Gasteiger partial charge on any atom is -0.497 e. The minimum absolute atomic E-state index is 0.225. The van der Waals surface area contributed by atoms with E-state index in [0.717, 1.165) is 17.1 Å². The van der Waals surface area contributed by atoms with E-state index in [1.807, 2.05) is 25.1 Å². The van der Waals surface area contributed by atoms with Gasteiger partial charge < -0.3 is 20.5 Å². The Morgan fingerprint density at radius 2 is 1.77 bits per heavy atom. The maximum Gasteiger partial charge on any atom is 0.240 e. The number of methoxy groups -OCH3 is 1. The number of aryl methyl sites for hydroxylation is 1. The Hall–Kier alpha value is -2.53. The molecule has 0 aromatic heterocycles. The summed E-state index contributed by atoms with van der Waals surface area (Å²) >= 11 is 0. The molecule has 1 atom stereocenters. The van der Waals surface area contributed by atoms with Gasteiger partial charge in [0.15, 0.2) is 0 Å². The second-order valence-electron chi connectivity index (χ2n) is 5.04. The van der Waals surface area contributed by atoms with Gasteiger partial charge in [0.2, 0.25) is 5.91 Å². The number of hydrogen-bond acceptors (Lipinski definition) is 4. The number of nitrogens with two attached hydrogens (primary N) is 1. The first-order valence-electron chi connectivity index (χ1n) is 6.98. The highest BCUT2D eigenvalue weighted by molar-refractivity contribution is 5.94. The molecule has 0 saturated carbocycles. The molecule has 0 aliphatic carbocycles. The zero-order valence-corrected chi connectivity index (χ0v) is 12.9. The summed E-state index contributed by atoms with van der Waals surface area (Å²) in [5, 5.41) is 2.72. The molecule has 3 N–H and O–H groups in total. The molecule has 5 heteroatoms. The van der Waals surface area contributed by atoms with Crippen molar-refractivity contribution in [3.8, 4) is 17.2 Å². The molecule has 0 aliphatic heterocycles. The molecule has 22 heavy (non-hydrogen) atoms. The van der Waals surface area contributed by atoms with Crippen LogP contribution >= 0.6 is 0 Å². The largest absolute Gasteiger partial charge is 0.497 e. The first-order chi connectivity index (χ1) is 10.5.